The summed E-state index contributed by atoms with van der Waals surface area (Å²) in [5.74, 6) is 0. The van der Waals surface area contributed by atoms with E-state index in [1.165, 1.54) is 6.08 Å². The van der Waals surface area contributed by atoms with Gasteiger partial charge in [0.25, 0.3) is 0 Å². The first-order valence-electron chi connectivity index (χ1n) is 5.02. The van der Waals surface area contributed by atoms with E-state index in [-0.39, 0.29) is 19.8 Å². The standard InChI is InChI=1S/C6H14O4.C4H6O3/c7-1-3-9-5-6-10-4-2-8;1-2-3-7-4(5)6/h7-8H,1-6H2;2H,1,3H2,(H,5,6). The third-order valence-electron chi connectivity index (χ3n) is 1.17. The largest absolute Gasteiger partial charge is 0.506 e. The van der Waals surface area contributed by atoms with Gasteiger partial charge < -0.3 is 29.5 Å². The van der Waals surface area contributed by atoms with Crippen LogP contribution in [-0.4, -0.2) is 67.7 Å². The van der Waals surface area contributed by atoms with Gasteiger partial charge in [-0.25, -0.2) is 4.79 Å². The highest BCUT2D eigenvalue weighted by molar-refractivity contribution is 5.56. The first-order valence-corrected chi connectivity index (χ1v) is 5.02. The minimum absolute atomic E-state index is 0.0417. The fraction of sp³-hybridized carbons (Fsp3) is 0.700. The van der Waals surface area contributed by atoms with Crippen LogP contribution in [-0.2, 0) is 14.2 Å². The Morgan fingerprint density at radius 1 is 1.06 bits per heavy atom. The SMILES string of the molecule is C=CCOC(=O)O.OCCOCCOCCO. The molecule has 0 aliphatic rings. The van der Waals surface area contributed by atoms with E-state index in [0.717, 1.165) is 0 Å². The summed E-state index contributed by atoms with van der Waals surface area (Å²) >= 11 is 0. The molecule has 0 radical (unpaired) electrons. The number of aliphatic hydroxyl groups is 2. The van der Waals surface area contributed by atoms with Crippen molar-refractivity contribution in [3.63, 3.8) is 0 Å². The average Bonchev–Trinajstić information content (AvgIpc) is 2.32. The first-order chi connectivity index (χ1) is 8.18. The molecule has 0 saturated carbocycles. The van der Waals surface area contributed by atoms with Crippen LogP contribution >= 0.6 is 0 Å². The Bertz CT molecular complexity index is 164. The Kier molecular flexibility index (Phi) is 18.5. The normalized spacial score (nSPS) is 9.06. The van der Waals surface area contributed by atoms with Crippen molar-refractivity contribution in [2.75, 3.05) is 46.2 Å². The Balaban J connectivity index is 0. The van der Waals surface area contributed by atoms with Crippen molar-refractivity contribution in [1.29, 1.82) is 0 Å². The summed E-state index contributed by atoms with van der Waals surface area (Å²) in [4.78, 5) is 9.49. The van der Waals surface area contributed by atoms with Crippen LogP contribution in [0.3, 0.4) is 0 Å². The molecule has 0 aromatic heterocycles. The Hall–Kier alpha value is -1.15. The van der Waals surface area contributed by atoms with Gasteiger partial charge in [0.1, 0.15) is 6.61 Å². The molecule has 0 spiro atoms. The van der Waals surface area contributed by atoms with Gasteiger partial charge in [-0.1, -0.05) is 12.7 Å². The molecule has 102 valence electrons. The number of aliphatic hydroxyl groups excluding tert-OH is 2. The molecule has 0 aromatic rings. The molecule has 0 amide bonds. The Labute approximate surface area is 100 Å². The van der Waals surface area contributed by atoms with Gasteiger partial charge in [-0.2, -0.15) is 0 Å². The van der Waals surface area contributed by atoms with Gasteiger partial charge >= 0.3 is 6.16 Å². The quantitative estimate of drug-likeness (QED) is 0.298. The second-order valence-corrected chi connectivity index (χ2v) is 2.54. The highest BCUT2D eigenvalue weighted by Gasteiger charge is 1.88. The summed E-state index contributed by atoms with van der Waals surface area (Å²) in [6.45, 7) is 5.04. The molecule has 0 fully saturated rings. The van der Waals surface area contributed by atoms with Gasteiger partial charge in [0.05, 0.1) is 39.6 Å². The van der Waals surface area contributed by atoms with Crippen LogP contribution in [0.1, 0.15) is 0 Å². The van der Waals surface area contributed by atoms with Crippen molar-refractivity contribution >= 4 is 6.16 Å². The van der Waals surface area contributed by atoms with Crippen LogP contribution in [0, 0.1) is 0 Å². The monoisotopic (exact) mass is 252 g/mol. The number of carboxylic acid groups (broad SMARTS) is 1. The molecule has 3 N–H and O–H groups in total. The van der Waals surface area contributed by atoms with Crippen LogP contribution in [0.25, 0.3) is 0 Å². The van der Waals surface area contributed by atoms with Crippen molar-refractivity contribution in [3.05, 3.63) is 12.7 Å². The van der Waals surface area contributed by atoms with E-state index in [1.807, 2.05) is 0 Å². The third kappa shape index (κ3) is 25.3. The zero-order valence-corrected chi connectivity index (χ0v) is 9.71. The lowest BCUT2D eigenvalue weighted by Crippen LogP contribution is -2.09. The minimum Gasteiger partial charge on any atom is -0.450 e. The second-order valence-electron chi connectivity index (χ2n) is 2.54. The maximum absolute atomic E-state index is 9.49. The van der Waals surface area contributed by atoms with Gasteiger partial charge in [0, 0.05) is 0 Å². The fourth-order valence-corrected chi connectivity index (χ4v) is 0.581. The molecule has 7 nitrogen and oxygen atoms in total. The Morgan fingerprint density at radius 3 is 1.76 bits per heavy atom. The molecule has 0 unspecified atom stereocenters. The molecule has 0 rings (SSSR count). The second kappa shape index (κ2) is 17.3. The van der Waals surface area contributed by atoms with E-state index in [1.54, 1.807) is 0 Å². The van der Waals surface area contributed by atoms with Gasteiger partial charge in [0.15, 0.2) is 0 Å². The Morgan fingerprint density at radius 2 is 1.53 bits per heavy atom. The van der Waals surface area contributed by atoms with Crippen molar-refractivity contribution in [2.24, 2.45) is 0 Å². The van der Waals surface area contributed by atoms with Crippen molar-refractivity contribution in [3.8, 4) is 0 Å². The summed E-state index contributed by atoms with van der Waals surface area (Å²) in [6, 6.07) is 0. The van der Waals surface area contributed by atoms with Gasteiger partial charge in [0.2, 0.25) is 0 Å². The molecule has 0 aliphatic heterocycles. The third-order valence-corrected chi connectivity index (χ3v) is 1.17. The van der Waals surface area contributed by atoms with Crippen molar-refractivity contribution in [1.82, 2.24) is 0 Å². The molecule has 0 atom stereocenters. The van der Waals surface area contributed by atoms with Crippen LogP contribution in [0.4, 0.5) is 4.79 Å². The molecule has 0 saturated heterocycles. The summed E-state index contributed by atoms with van der Waals surface area (Å²) in [7, 11) is 0. The minimum atomic E-state index is -1.26. The summed E-state index contributed by atoms with van der Waals surface area (Å²) in [5.41, 5.74) is 0. The van der Waals surface area contributed by atoms with E-state index in [9.17, 15) is 4.79 Å². The van der Waals surface area contributed by atoms with E-state index in [4.69, 9.17) is 24.8 Å². The fourth-order valence-electron chi connectivity index (χ4n) is 0.581. The summed E-state index contributed by atoms with van der Waals surface area (Å²) < 4.78 is 13.7. The number of hydrogen-bond acceptors (Lipinski definition) is 6. The van der Waals surface area contributed by atoms with Crippen LogP contribution in [0.15, 0.2) is 12.7 Å². The highest BCUT2D eigenvalue weighted by atomic mass is 16.7. The number of hydrogen-bond donors (Lipinski definition) is 3. The number of ether oxygens (including phenoxy) is 3. The van der Waals surface area contributed by atoms with Crippen LogP contribution in [0.5, 0.6) is 0 Å². The van der Waals surface area contributed by atoms with E-state index < -0.39 is 6.16 Å². The van der Waals surface area contributed by atoms with Crippen LogP contribution in [0.2, 0.25) is 0 Å². The highest BCUT2D eigenvalue weighted by Crippen LogP contribution is 1.76. The lowest BCUT2D eigenvalue weighted by atomic mass is 10.7. The predicted octanol–water partition coefficient (Wildman–Crippen LogP) is -0.129. The molecule has 0 aliphatic carbocycles. The maximum atomic E-state index is 9.49. The van der Waals surface area contributed by atoms with E-state index >= 15 is 0 Å². The zero-order valence-electron chi connectivity index (χ0n) is 9.71. The molecular weight excluding hydrogens is 232 g/mol. The maximum Gasteiger partial charge on any atom is 0.506 e. The molecule has 0 heterocycles. The van der Waals surface area contributed by atoms with E-state index in [0.29, 0.717) is 26.4 Å². The van der Waals surface area contributed by atoms with Gasteiger partial charge in [-0.3, -0.25) is 0 Å². The smallest absolute Gasteiger partial charge is 0.450 e. The molecule has 17 heavy (non-hydrogen) atoms. The van der Waals surface area contributed by atoms with Gasteiger partial charge in [-0.05, 0) is 0 Å². The lowest BCUT2D eigenvalue weighted by Gasteiger charge is -2.01. The number of rotatable bonds is 9. The zero-order chi connectivity index (χ0) is 13.4. The molecule has 0 aromatic carbocycles. The van der Waals surface area contributed by atoms with Gasteiger partial charge in [-0.15, -0.1) is 0 Å². The first kappa shape index (κ1) is 18.2. The summed E-state index contributed by atoms with van der Waals surface area (Å²) in [6.07, 6.45) is 0.105. The molecular formula is C10H20O7. The number of carbonyl (C=O) groups is 1. The lowest BCUT2D eigenvalue weighted by molar-refractivity contribution is 0.0222. The van der Waals surface area contributed by atoms with E-state index in [2.05, 4.69) is 11.3 Å². The molecule has 7 heteroatoms. The average molecular weight is 252 g/mol. The van der Waals surface area contributed by atoms with Crippen LogP contribution < -0.4 is 0 Å². The predicted molar refractivity (Wildman–Crippen MR) is 60.0 cm³/mol. The van der Waals surface area contributed by atoms with Crippen molar-refractivity contribution in [2.45, 2.75) is 0 Å². The topological polar surface area (TPSA) is 105 Å². The molecule has 0 bridgehead atoms. The summed E-state index contributed by atoms with van der Waals surface area (Å²) in [5, 5.41) is 24.3. The van der Waals surface area contributed by atoms with Crippen molar-refractivity contribution < 1.29 is 34.3 Å².